The lowest BCUT2D eigenvalue weighted by atomic mass is 10.1. The molecule has 5 rings (SSSR count). The molecule has 0 bridgehead atoms. The van der Waals surface area contributed by atoms with E-state index in [0.717, 1.165) is 54.2 Å². The van der Waals surface area contributed by atoms with Gasteiger partial charge in [-0.05, 0) is 37.1 Å². The van der Waals surface area contributed by atoms with Crippen LogP contribution in [0.5, 0.6) is 11.5 Å². The molecule has 204 valence electrons. The molecule has 2 aromatic carbocycles. The fourth-order valence-corrected chi connectivity index (χ4v) is 5.14. The van der Waals surface area contributed by atoms with Gasteiger partial charge < -0.3 is 19.3 Å². The summed E-state index contributed by atoms with van der Waals surface area (Å²) in [6.07, 6.45) is 4.76. The summed E-state index contributed by atoms with van der Waals surface area (Å²) in [5, 5.41) is 5.63. The van der Waals surface area contributed by atoms with Gasteiger partial charge in [-0.1, -0.05) is 38.5 Å². The molecule has 1 fully saturated rings. The van der Waals surface area contributed by atoms with Crippen molar-refractivity contribution in [1.82, 2.24) is 24.6 Å². The first-order valence-electron chi connectivity index (χ1n) is 13.6. The van der Waals surface area contributed by atoms with E-state index < -0.39 is 0 Å². The quantitative estimate of drug-likeness (QED) is 0.315. The van der Waals surface area contributed by atoms with Gasteiger partial charge in [-0.15, -0.1) is 0 Å². The average molecular weight is 529 g/mol. The summed E-state index contributed by atoms with van der Waals surface area (Å²) in [5.41, 5.74) is 2.33. The SMILES string of the molecule is CCCC(C)c1nc(N2CCCN(C(=O)c3cc(OC)cc(OC)c3)CC2)c2cnn(-c3ccccc3)c2n1. The molecule has 0 spiro atoms. The summed E-state index contributed by atoms with van der Waals surface area (Å²) in [6.45, 7) is 7.06. The third kappa shape index (κ3) is 5.53. The molecule has 1 aliphatic rings. The van der Waals surface area contributed by atoms with Crippen molar-refractivity contribution in [2.24, 2.45) is 0 Å². The normalized spacial score (nSPS) is 14.8. The molecule has 39 heavy (non-hydrogen) atoms. The lowest BCUT2D eigenvalue weighted by Gasteiger charge is -2.24. The van der Waals surface area contributed by atoms with Crippen LogP contribution in [0, 0.1) is 0 Å². The van der Waals surface area contributed by atoms with E-state index in [1.807, 2.05) is 46.1 Å². The van der Waals surface area contributed by atoms with Crippen LogP contribution in [0.1, 0.15) is 55.2 Å². The van der Waals surface area contributed by atoms with Crippen LogP contribution in [0.25, 0.3) is 16.7 Å². The number of rotatable bonds is 8. The highest BCUT2D eigenvalue weighted by Gasteiger charge is 2.25. The van der Waals surface area contributed by atoms with E-state index in [4.69, 9.17) is 24.5 Å². The van der Waals surface area contributed by atoms with Crippen molar-refractivity contribution in [2.45, 2.75) is 39.0 Å². The molecule has 1 atom stereocenters. The maximum absolute atomic E-state index is 13.5. The summed E-state index contributed by atoms with van der Waals surface area (Å²) in [4.78, 5) is 27.8. The molecule has 1 amide bonds. The van der Waals surface area contributed by atoms with E-state index in [1.54, 1.807) is 32.4 Å². The number of para-hydroxylation sites is 1. The number of hydrogen-bond donors (Lipinski definition) is 0. The van der Waals surface area contributed by atoms with Gasteiger partial charge in [0.25, 0.3) is 5.91 Å². The number of ether oxygens (including phenoxy) is 2. The van der Waals surface area contributed by atoms with Crippen LogP contribution in [0.4, 0.5) is 5.82 Å². The van der Waals surface area contributed by atoms with Crippen LogP contribution in [0.3, 0.4) is 0 Å². The molecule has 9 heteroatoms. The van der Waals surface area contributed by atoms with Gasteiger partial charge in [0.2, 0.25) is 0 Å². The van der Waals surface area contributed by atoms with Crippen LogP contribution in [-0.2, 0) is 0 Å². The second kappa shape index (κ2) is 11.7. The molecule has 0 saturated carbocycles. The Hall–Kier alpha value is -4.14. The van der Waals surface area contributed by atoms with Crippen molar-refractivity contribution < 1.29 is 14.3 Å². The number of nitrogens with zero attached hydrogens (tertiary/aromatic N) is 6. The summed E-state index contributed by atoms with van der Waals surface area (Å²) in [6, 6.07) is 15.4. The minimum Gasteiger partial charge on any atom is -0.497 e. The Kier molecular flexibility index (Phi) is 7.95. The van der Waals surface area contributed by atoms with Crippen molar-refractivity contribution >= 4 is 22.8 Å². The van der Waals surface area contributed by atoms with Gasteiger partial charge in [0.1, 0.15) is 23.1 Å². The summed E-state index contributed by atoms with van der Waals surface area (Å²) in [7, 11) is 3.18. The van der Waals surface area contributed by atoms with Gasteiger partial charge in [-0.2, -0.15) is 5.10 Å². The highest BCUT2D eigenvalue weighted by atomic mass is 16.5. The molecule has 0 N–H and O–H groups in total. The second-order valence-corrected chi connectivity index (χ2v) is 9.96. The van der Waals surface area contributed by atoms with Crippen molar-refractivity contribution in [3.05, 3.63) is 66.1 Å². The third-order valence-electron chi connectivity index (χ3n) is 7.27. The van der Waals surface area contributed by atoms with Crippen molar-refractivity contribution in [1.29, 1.82) is 0 Å². The molecule has 0 radical (unpaired) electrons. The van der Waals surface area contributed by atoms with Gasteiger partial charge >= 0.3 is 0 Å². The summed E-state index contributed by atoms with van der Waals surface area (Å²) >= 11 is 0. The molecule has 2 aromatic heterocycles. The first-order chi connectivity index (χ1) is 19.0. The average Bonchev–Trinajstić information content (AvgIpc) is 3.25. The summed E-state index contributed by atoms with van der Waals surface area (Å²) in [5.74, 6) is 3.11. The largest absolute Gasteiger partial charge is 0.497 e. The van der Waals surface area contributed by atoms with Crippen molar-refractivity contribution in [2.75, 3.05) is 45.3 Å². The minimum absolute atomic E-state index is 0.0314. The van der Waals surface area contributed by atoms with Crippen LogP contribution in [0.2, 0.25) is 0 Å². The number of fused-ring (bicyclic) bond motifs is 1. The number of carbonyl (C=O) groups excluding carboxylic acids is 1. The zero-order chi connectivity index (χ0) is 27.4. The minimum atomic E-state index is -0.0314. The Morgan fingerprint density at radius 3 is 2.41 bits per heavy atom. The fourth-order valence-electron chi connectivity index (χ4n) is 5.14. The van der Waals surface area contributed by atoms with Crippen LogP contribution in [-0.4, -0.2) is 71.0 Å². The number of methoxy groups -OCH3 is 2. The number of carbonyl (C=O) groups is 1. The Morgan fingerprint density at radius 1 is 0.974 bits per heavy atom. The van der Waals surface area contributed by atoms with Gasteiger partial charge in [0.15, 0.2) is 5.65 Å². The van der Waals surface area contributed by atoms with Gasteiger partial charge in [0, 0.05) is 43.7 Å². The lowest BCUT2D eigenvalue weighted by Crippen LogP contribution is -2.35. The number of hydrogen-bond acceptors (Lipinski definition) is 7. The zero-order valence-electron chi connectivity index (χ0n) is 23.1. The molecule has 1 unspecified atom stereocenters. The van der Waals surface area contributed by atoms with E-state index in [1.165, 1.54) is 0 Å². The molecule has 1 aliphatic heterocycles. The topological polar surface area (TPSA) is 85.6 Å². The smallest absolute Gasteiger partial charge is 0.254 e. The monoisotopic (exact) mass is 528 g/mol. The standard InChI is InChI=1S/C30H36N6O3/c1-5-10-21(2)27-32-28(26-20-31-36(29(26)33-27)23-11-7-6-8-12-23)34-13-9-14-35(16-15-34)30(37)22-17-24(38-3)19-25(18-22)39-4/h6-8,11-12,17-21H,5,9-10,13-16H2,1-4H3. The molecular weight excluding hydrogens is 492 g/mol. The van der Waals surface area contributed by atoms with E-state index in [9.17, 15) is 4.79 Å². The number of aromatic nitrogens is 4. The Morgan fingerprint density at radius 2 is 1.72 bits per heavy atom. The predicted octanol–water partition coefficient (Wildman–Crippen LogP) is 5.09. The highest BCUT2D eigenvalue weighted by molar-refractivity contribution is 5.95. The number of anilines is 1. The van der Waals surface area contributed by atoms with E-state index in [0.29, 0.717) is 36.7 Å². The number of amides is 1. The third-order valence-corrected chi connectivity index (χ3v) is 7.27. The van der Waals surface area contributed by atoms with Crippen molar-refractivity contribution in [3.63, 3.8) is 0 Å². The van der Waals surface area contributed by atoms with Crippen LogP contribution < -0.4 is 14.4 Å². The Balaban J connectivity index is 1.46. The van der Waals surface area contributed by atoms with E-state index in [2.05, 4.69) is 18.7 Å². The Bertz CT molecular complexity index is 1420. The van der Waals surface area contributed by atoms with E-state index in [-0.39, 0.29) is 11.8 Å². The molecule has 0 aliphatic carbocycles. The van der Waals surface area contributed by atoms with E-state index >= 15 is 0 Å². The second-order valence-electron chi connectivity index (χ2n) is 9.96. The fraction of sp³-hybridized carbons (Fsp3) is 0.400. The molecular formula is C30H36N6O3. The lowest BCUT2D eigenvalue weighted by molar-refractivity contribution is 0.0766. The van der Waals surface area contributed by atoms with Crippen LogP contribution in [0.15, 0.2) is 54.7 Å². The highest BCUT2D eigenvalue weighted by Crippen LogP contribution is 2.30. The molecule has 1 saturated heterocycles. The zero-order valence-corrected chi connectivity index (χ0v) is 23.1. The first-order valence-corrected chi connectivity index (χ1v) is 13.6. The molecule has 3 heterocycles. The van der Waals surface area contributed by atoms with Gasteiger partial charge in [-0.25, -0.2) is 14.6 Å². The van der Waals surface area contributed by atoms with Crippen molar-refractivity contribution in [3.8, 4) is 17.2 Å². The molecule has 9 nitrogen and oxygen atoms in total. The predicted molar refractivity (Wildman–Crippen MR) is 152 cm³/mol. The van der Waals surface area contributed by atoms with Gasteiger partial charge in [-0.3, -0.25) is 4.79 Å². The van der Waals surface area contributed by atoms with Gasteiger partial charge in [0.05, 0.1) is 31.5 Å². The van der Waals surface area contributed by atoms with Crippen LogP contribution >= 0.6 is 0 Å². The number of benzene rings is 2. The maximum Gasteiger partial charge on any atom is 0.254 e. The molecule has 4 aromatic rings. The maximum atomic E-state index is 13.5. The summed E-state index contributed by atoms with van der Waals surface area (Å²) < 4.78 is 12.6. The Labute approximate surface area is 229 Å². The first kappa shape index (κ1) is 26.5.